The molecule has 3 N–H and O–H groups in total. The molecule has 0 bridgehead atoms. The van der Waals surface area contributed by atoms with Gasteiger partial charge in [0.25, 0.3) is 11.8 Å². The molecule has 1 aromatic heterocycles. The number of β-lactam (4-membered cyclic amide) rings is 1. The van der Waals surface area contributed by atoms with E-state index in [0.717, 1.165) is 16.2 Å². The van der Waals surface area contributed by atoms with Crippen LogP contribution >= 0.6 is 23.1 Å². The molecule has 2 aliphatic rings. The zero-order chi connectivity index (χ0) is 23.3. The van der Waals surface area contributed by atoms with Crippen LogP contribution in [0, 0.1) is 0 Å². The van der Waals surface area contributed by atoms with Gasteiger partial charge in [-0.1, -0.05) is 5.16 Å². The lowest BCUT2D eigenvalue weighted by Crippen LogP contribution is -2.70. The number of thioether (sulfide) groups is 1. The first-order chi connectivity index (χ1) is 15.4. The van der Waals surface area contributed by atoms with E-state index in [9.17, 15) is 29.1 Å². The minimum atomic E-state index is -1.24. The fraction of sp³-hybridized carbons (Fsp3) is 0.353. The SMILES string of the molecule is CCOC(=O)CO/N=C(/C(=O)NC1C(=O)N2C(C(=O)O)=CCS[C@H]12)c1csc(NC=O)n1. The molecule has 0 spiro atoms. The van der Waals surface area contributed by atoms with Crippen LogP contribution in [0.3, 0.4) is 0 Å². The monoisotopic (exact) mass is 483 g/mol. The second-order valence-corrected chi connectivity index (χ2v) is 8.10. The van der Waals surface area contributed by atoms with Crippen molar-refractivity contribution in [1.29, 1.82) is 0 Å². The van der Waals surface area contributed by atoms with Crippen LogP contribution in [0.2, 0.25) is 0 Å². The Labute approximate surface area is 188 Å². The molecule has 0 aromatic carbocycles. The van der Waals surface area contributed by atoms with E-state index in [4.69, 9.17) is 9.57 Å². The summed E-state index contributed by atoms with van der Waals surface area (Å²) >= 11 is 2.30. The molecule has 1 unspecified atom stereocenters. The summed E-state index contributed by atoms with van der Waals surface area (Å²) in [6, 6.07) is -0.989. The fourth-order valence-electron chi connectivity index (χ4n) is 2.80. The van der Waals surface area contributed by atoms with Crippen LogP contribution in [0.5, 0.6) is 0 Å². The van der Waals surface area contributed by atoms with Crippen molar-refractivity contribution >= 4 is 64.1 Å². The maximum Gasteiger partial charge on any atom is 0.352 e. The molecule has 32 heavy (non-hydrogen) atoms. The molecule has 3 amide bonds. The Kier molecular flexibility index (Phi) is 7.42. The van der Waals surface area contributed by atoms with E-state index < -0.39 is 41.8 Å². The van der Waals surface area contributed by atoms with Crippen LogP contribution in [-0.2, 0) is 33.5 Å². The van der Waals surface area contributed by atoms with E-state index in [1.54, 1.807) is 6.92 Å². The van der Waals surface area contributed by atoms with Gasteiger partial charge in [-0.15, -0.1) is 23.1 Å². The number of ether oxygens (including phenoxy) is 1. The molecule has 170 valence electrons. The van der Waals surface area contributed by atoms with E-state index in [1.807, 2.05) is 0 Å². The molecule has 0 radical (unpaired) electrons. The predicted molar refractivity (Wildman–Crippen MR) is 112 cm³/mol. The van der Waals surface area contributed by atoms with Gasteiger partial charge in [-0.05, 0) is 13.0 Å². The number of thiazole rings is 1. The van der Waals surface area contributed by atoms with Gasteiger partial charge in [0.05, 0.1) is 6.61 Å². The highest BCUT2D eigenvalue weighted by Gasteiger charge is 2.53. The van der Waals surface area contributed by atoms with Gasteiger partial charge in [-0.2, -0.15) is 0 Å². The Bertz CT molecular complexity index is 1010. The van der Waals surface area contributed by atoms with Gasteiger partial charge in [0.2, 0.25) is 13.0 Å². The topological polar surface area (TPSA) is 177 Å². The molecule has 0 aliphatic carbocycles. The molecule has 2 aliphatic heterocycles. The Balaban J connectivity index is 1.75. The van der Waals surface area contributed by atoms with Gasteiger partial charge in [-0.3, -0.25) is 19.3 Å². The molecule has 2 atom stereocenters. The molecule has 1 fully saturated rings. The zero-order valence-corrected chi connectivity index (χ0v) is 18.1. The van der Waals surface area contributed by atoms with Gasteiger partial charge >= 0.3 is 11.9 Å². The summed E-state index contributed by atoms with van der Waals surface area (Å²) in [7, 11) is 0. The van der Waals surface area contributed by atoms with E-state index in [1.165, 1.54) is 23.2 Å². The third-order valence-electron chi connectivity index (χ3n) is 4.14. The molecule has 1 saturated heterocycles. The van der Waals surface area contributed by atoms with Crippen LogP contribution < -0.4 is 10.6 Å². The lowest BCUT2D eigenvalue weighted by Gasteiger charge is -2.48. The van der Waals surface area contributed by atoms with Crippen LogP contribution in [-0.4, -0.2) is 81.2 Å². The average Bonchev–Trinajstić information content (AvgIpc) is 3.22. The quantitative estimate of drug-likeness (QED) is 0.128. The number of amides is 3. The normalized spacial score (nSPS) is 19.8. The van der Waals surface area contributed by atoms with Crippen LogP contribution in [0.1, 0.15) is 12.6 Å². The summed E-state index contributed by atoms with van der Waals surface area (Å²) in [5.41, 5.74) is -0.447. The van der Waals surface area contributed by atoms with Gasteiger partial charge in [-0.25, -0.2) is 14.6 Å². The van der Waals surface area contributed by atoms with Crippen molar-refractivity contribution in [3.05, 3.63) is 22.8 Å². The summed E-state index contributed by atoms with van der Waals surface area (Å²) < 4.78 is 4.72. The highest BCUT2D eigenvalue weighted by Crippen LogP contribution is 2.37. The molecule has 1 aromatic rings. The summed E-state index contributed by atoms with van der Waals surface area (Å²) in [6.45, 7) is 1.19. The number of hydrogen-bond donors (Lipinski definition) is 3. The van der Waals surface area contributed by atoms with Crippen molar-refractivity contribution in [1.82, 2.24) is 15.2 Å². The molecular weight excluding hydrogens is 466 g/mol. The standard InChI is InChI=1S/C17H17N5O8S2/c1-2-29-10(24)5-30-21-11(8-6-32-17(19-8)18-7-23)13(25)20-12-14(26)22-9(16(27)28)3-4-31-15(12)22/h3,6-7,12,15H,2,4-5H2,1H3,(H,20,25)(H,27,28)(H,18,19,23)/b21-11+/t12?,15-/m1/s1. The summed E-state index contributed by atoms with van der Waals surface area (Å²) in [5, 5.41) is 18.8. The molecule has 13 nitrogen and oxygen atoms in total. The van der Waals surface area contributed by atoms with Crippen molar-refractivity contribution in [2.75, 3.05) is 24.3 Å². The highest BCUT2D eigenvalue weighted by molar-refractivity contribution is 8.00. The number of carbonyl (C=O) groups excluding carboxylic acids is 4. The van der Waals surface area contributed by atoms with Crippen molar-refractivity contribution in [2.24, 2.45) is 5.16 Å². The lowest BCUT2D eigenvalue weighted by atomic mass is 10.0. The van der Waals surface area contributed by atoms with Crippen molar-refractivity contribution in [2.45, 2.75) is 18.3 Å². The van der Waals surface area contributed by atoms with Crippen molar-refractivity contribution < 1.29 is 38.7 Å². The molecule has 3 heterocycles. The Morgan fingerprint density at radius 1 is 1.44 bits per heavy atom. The summed E-state index contributed by atoms with van der Waals surface area (Å²) in [5.74, 6) is -2.99. The van der Waals surface area contributed by atoms with Crippen LogP contribution in [0.25, 0.3) is 0 Å². The number of hydrogen-bond acceptors (Lipinski definition) is 11. The highest BCUT2D eigenvalue weighted by atomic mass is 32.2. The predicted octanol–water partition coefficient (Wildman–Crippen LogP) is -0.636. The smallest absolute Gasteiger partial charge is 0.352 e. The average molecular weight is 483 g/mol. The number of aliphatic carboxylic acids is 1. The van der Waals surface area contributed by atoms with Gasteiger partial charge in [0, 0.05) is 11.1 Å². The minimum absolute atomic E-state index is 0.0340. The number of esters is 1. The van der Waals surface area contributed by atoms with Crippen LogP contribution in [0.4, 0.5) is 5.13 Å². The molecule has 3 rings (SSSR count). The number of oxime groups is 1. The number of fused-ring (bicyclic) bond motifs is 1. The summed E-state index contributed by atoms with van der Waals surface area (Å²) in [4.78, 5) is 68.8. The fourth-order valence-corrected chi connectivity index (χ4v) is 4.65. The maximum atomic E-state index is 12.9. The van der Waals surface area contributed by atoms with E-state index in [0.29, 0.717) is 12.2 Å². The first-order valence-electron chi connectivity index (χ1n) is 9.08. The zero-order valence-electron chi connectivity index (χ0n) is 16.5. The lowest BCUT2D eigenvalue weighted by molar-refractivity contribution is -0.150. The first kappa shape index (κ1) is 23.2. The van der Waals surface area contributed by atoms with Gasteiger partial charge in [0.1, 0.15) is 22.8 Å². The first-order valence-corrected chi connectivity index (χ1v) is 11.0. The number of carboxylic acids is 1. The number of aromatic nitrogens is 1. The van der Waals surface area contributed by atoms with Crippen molar-refractivity contribution in [3.8, 4) is 0 Å². The number of nitrogens with zero attached hydrogens (tertiary/aromatic N) is 3. The Morgan fingerprint density at radius 2 is 2.22 bits per heavy atom. The van der Waals surface area contributed by atoms with E-state index in [-0.39, 0.29) is 28.8 Å². The minimum Gasteiger partial charge on any atom is -0.477 e. The number of anilines is 1. The van der Waals surface area contributed by atoms with Crippen LogP contribution in [0.15, 0.2) is 22.3 Å². The molecule has 15 heteroatoms. The third-order valence-corrected chi connectivity index (χ3v) is 6.10. The number of carbonyl (C=O) groups is 5. The maximum absolute atomic E-state index is 12.9. The molecular formula is C17H17N5O8S2. The second kappa shape index (κ2) is 10.2. The molecule has 0 saturated carbocycles. The van der Waals surface area contributed by atoms with Gasteiger partial charge in [0.15, 0.2) is 10.8 Å². The second-order valence-electron chi connectivity index (χ2n) is 6.10. The largest absolute Gasteiger partial charge is 0.477 e. The number of carboxylic acid groups (broad SMARTS) is 1. The van der Waals surface area contributed by atoms with E-state index in [2.05, 4.69) is 20.8 Å². The Morgan fingerprint density at radius 3 is 2.91 bits per heavy atom. The third kappa shape index (κ3) is 4.88. The number of rotatable bonds is 10. The van der Waals surface area contributed by atoms with Gasteiger partial charge < -0.3 is 25.3 Å². The Hall–Kier alpha value is -3.46. The van der Waals surface area contributed by atoms with E-state index >= 15 is 0 Å². The summed E-state index contributed by atoms with van der Waals surface area (Å²) in [6.07, 6.45) is 1.83. The number of nitrogens with one attached hydrogen (secondary N) is 2. The van der Waals surface area contributed by atoms with Crippen molar-refractivity contribution in [3.63, 3.8) is 0 Å².